The molecule has 0 saturated carbocycles. The van der Waals surface area contributed by atoms with E-state index in [0.717, 1.165) is 6.54 Å². The second-order valence-electron chi connectivity index (χ2n) is 1.96. The molecule has 0 unspecified atom stereocenters. The molecule has 0 atom stereocenters. The number of hydrogen-bond donors (Lipinski definition) is 1. The Morgan fingerprint density at radius 3 is 2.89 bits per heavy atom. The molecule has 1 nitrogen and oxygen atoms in total. The second kappa shape index (κ2) is 2.87. The molecule has 1 aromatic heterocycles. The van der Waals surface area contributed by atoms with E-state index in [4.69, 9.17) is 0 Å². The van der Waals surface area contributed by atoms with Crippen LogP contribution in [0.3, 0.4) is 0 Å². The highest BCUT2D eigenvalue weighted by molar-refractivity contribution is 7.14. The predicted octanol–water partition coefficient (Wildman–Crippen LogP) is 2.49. The van der Waals surface area contributed by atoms with Crippen molar-refractivity contribution in [3.63, 3.8) is 0 Å². The molecular weight excluding hydrogens is 130 g/mol. The van der Waals surface area contributed by atoms with Gasteiger partial charge in [0.25, 0.3) is 0 Å². The highest BCUT2D eigenvalue weighted by Crippen LogP contribution is 2.20. The normalized spacial score (nSPS) is 9.56. The Labute approximate surface area is 59.7 Å². The van der Waals surface area contributed by atoms with Gasteiger partial charge in [0.1, 0.15) is 0 Å². The topological polar surface area (TPSA) is 12.0 Å². The van der Waals surface area contributed by atoms with Gasteiger partial charge in [-0.2, -0.15) is 0 Å². The van der Waals surface area contributed by atoms with Crippen molar-refractivity contribution in [1.29, 1.82) is 0 Å². The summed E-state index contributed by atoms with van der Waals surface area (Å²) in [7, 11) is 0. The van der Waals surface area contributed by atoms with Crippen molar-refractivity contribution in [3.8, 4) is 0 Å². The third kappa shape index (κ3) is 1.45. The van der Waals surface area contributed by atoms with Crippen LogP contribution in [0.5, 0.6) is 0 Å². The van der Waals surface area contributed by atoms with E-state index in [-0.39, 0.29) is 0 Å². The number of nitrogens with one attached hydrogen (secondary N) is 1. The number of thiophene rings is 1. The zero-order valence-electron chi connectivity index (χ0n) is 5.77. The Morgan fingerprint density at radius 1 is 1.67 bits per heavy atom. The summed E-state index contributed by atoms with van der Waals surface area (Å²) in [5.74, 6) is 0. The first-order valence-corrected chi connectivity index (χ1v) is 4.00. The first kappa shape index (κ1) is 6.62. The second-order valence-corrected chi connectivity index (χ2v) is 2.88. The molecular formula is C7H11NS. The zero-order valence-corrected chi connectivity index (χ0v) is 6.59. The first-order valence-electron chi connectivity index (χ1n) is 3.12. The molecule has 0 aliphatic rings. The minimum absolute atomic E-state index is 1.02. The summed E-state index contributed by atoms with van der Waals surface area (Å²) in [5, 5.41) is 6.68. The molecule has 0 amide bonds. The van der Waals surface area contributed by atoms with E-state index in [1.165, 1.54) is 10.6 Å². The lowest BCUT2D eigenvalue weighted by molar-refractivity contribution is 1.22. The first-order chi connectivity index (χ1) is 4.34. The van der Waals surface area contributed by atoms with Crippen LogP contribution >= 0.6 is 11.3 Å². The van der Waals surface area contributed by atoms with Gasteiger partial charge in [0.15, 0.2) is 0 Å². The highest BCUT2D eigenvalue weighted by Gasteiger charge is 1.93. The lowest BCUT2D eigenvalue weighted by atomic mass is 10.4. The average molecular weight is 141 g/mol. The largest absolute Gasteiger partial charge is 0.377 e. The van der Waals surface area contributed by atoms with Crippen molar-refractivity contribution in [2.45, 2.75) is 13.8 Å². The Hall–Kier alpha value is -0.500. The van der Waals surface area contributed by atoms with E-state index in [2.05, 4.69) is 30.6 Å². The van der Waals surface area contributed by atoms with Crippen LogP contribution in [0.25, 0.3) is 0 Å². The molecule has 1 rings (SSSR count). The molecule has 2 heteroatoms. The minimum Gasteiger partial charge on any atom is -0.377 e. The van der Waals surface area contributed by atoms with Crippen LogP contribution in [-0.2, 0) is 0 Å². The van der Waals surface area contributed by atoms with E-state index in [1.54, 1.807) is 11.3 Å². The van der Waals surface area contributed by atoms with Gasteiger partial charge in [0.05, 0.1) is 5.00 Å². The highest BCUT2D eigenvalue weighted by atomic mass is 32.1. The smallest absolute Gasteiger partial charge is 0.0912 e. The van der Waals surface area contributed by atoms with Crippen LogP contribution in [0.15, 0.2) is 11.4 Å². The SMILES string of the molecule is CCNc1sccc1C. The van der Waals surface area contributed by atoms with Crippen molar-refractivity contribution in [1.82, 2.24) is 0 Å². The Kier molecular flexibility index (Phi) is 2.11. The van der Waals surface area contributed by atoms with Crippen molar-refractivity contribution < 1.29 is 0 Å². The molecule has 0 aliphatic carbocycles. The maximum Gasteiger partial charge on any atom is 0.0912 e. The maximum atomic E-state index is 3.27. The molecule has 0 saturated heterocycles. The molecule has 0 bridgehead atoms. The Morgan fingerprint density at radius 2 is 2.44 bits per heavy atom. The Balaban J connectivity index is 2.69. The van der Waals surface area contributed by atoms with Crippen LogP contribution in [0, 0.1) is 6.92 Å². The quantitative estimate of drug-likeness (QED) is 0.667. The standard InChI is InChI=1S/C7H11NS/c1-3-8-7-6(2)4-5-9-7/h4-5,8H,3H2,1-2H3. The average Bonchev–Trinajstić information content (AvgIpc) is 2.18. The predicted molar refractivity (Wildman–Crippen MR) is 43.2 cm³/mol. The van der Waals surface area contributed by atoms with Gasteiger partial charge in [-0.05, 0) is 30.9 Å². The number of hydrogen-bond acceptors (Lipinski definition) is 2. The number of anilines is 1. The van der Waals surface area contributed by atoms with Gasteiger partial charge in [0, 0.05) is 6.54 Å². The molecule has 9 heavy (non-hydrogen) atoms. The van der Waals surface area contributed by atoms with Crippen molar-refractivity contribution in [2.75, 3.05) is 11.9 Å². The zero-order chi connectivity index (χ0) is 6.69. The van der Waals surface area contributed by atoms with Gasteiger partial charge >= 0.3 is 0 Å². The molecule has 1 N–H and O–H groups in total. The van der Waals surface area contributed by atoms with E-state index in [0.29, 0.717) is 0 Å². The van der Waals surface area contributed by atoms with Crippen molar-refractivity contribution in [3.05, 3.63) is 17.0 Å². The lowest BCUT2D eigenvalue weighted by Gasteiger charge is -1.97. The Bertz CT molecular complexity index is 181. The molecule has 0 fully saturated rings. The number of aryl methyl sites for hydroxylation is 1. The summed E-state index contributed by atoms with van der Waals surface area (Å²) in [6.45, 7) is 5.25. The molecule has 0 radical (unpaired) electrons. The fourth-order valence-electron chi connectivity index (χ4n) is 0.714. The van der Waals surface area contributed by atoms with E-state index >= 15 is 0 Å². The third-order valence-corrected chi connectivity index (χ3v) is 2.17. The van der Waals surface area contributed by atoms with Gasteiger partial charge in [-0.15, -0.1) is 11.3 Å². The van der Waals surface area contributed by atoms with Crippen LogP contribution in [0.1, 0.15) is 12.5 Å². The molecule has 1 aromatic rings. The maximum absolute atomic E-state index is 3.27. The van der Waals surface area contributed by atoms with Gasteiger partial charge in [-0.3, -0.25) is 0 Å². The monoisotopic (exact) mass is 141 g/mol. The van der Waals surface area contributed by atoms with Crippen LogP contribution in [-0.4, -0.2) is 6.54 Å². The summed E-state index contributed by atoms with van der Waals surface area (Å²) < 4.78 is 0. The van der Waals surface area contributed by atoms with Crippen LogP contribution < -0.4 is 5.32 Å². The van der Waals surface area contributed by atoms with Crippen molar-refractivity contribution in [2.24, 2.45) is 0 Å². The summed E-state index contributed by atoms with van der Waals surface area (Å²) in [5.41, 5.74) is 1.35. The van der Waals surface area contributed by atoms with Crippen LogP contribution in [0.4, 0.5) is 5.00 Å². The number of rotatable bonds is 2. The summed E-state index contributed by atoms with van der Waals surface area (Å²) >= 11 is 1.76. The lowest BCUT2D eigenvalue weighted by Crippen LogP contribution is -1.94. The van der Waals surface area contributed by atoms with E-state index in [9.17, 15) is 0 Å². The molecule has 0 aromatic carbocycles. The molecule has 1 heterocycles. The fourth-order valence-corrected chi connectivity index (χ4v) is 1.60. The minimum atomic E-state index is 1.02. The summed E-state index contributed by atoms with van der Waals surface area (Å²) in [6, 6.07) is 2.13. The summed E-state index contributed by atoms with van der Waals surface area (Å²) in [6.07, 6.45) is 0. The van der Waals surface area contributed by atoms with Gasteiger partial charge in [-0.25, -0.2) is 0 Å². The molecule has 0 spiro atoms. The van der Waals surface area contributed by atoms with Gasteiger partial charge in [-0.1, -0.05) is 0 Å². The molecule has 0 aliphatic heterocycles. The summed E-state index contributed by atoms with van der Waals surface area (Å²) in [4.78, 5) is 0. The third-order valence-electron chi connectivity index (χ3n) is 1.20. The van der Waals surface area contributed by atoms with Crippen LogP contribution in [0.2, 0.25) is 0 Å². The fraction of sp³-hybridized carbons (Fsp3) is 0.429. The van der Waals surface area contributed by atoms with Gasteiger partial charge < -0.3 is 5.32 Å². The van der Waals surface area contributed by atoms with E-state index in [1.807, 2.05) is 0 Å². The molecule has 50 valence electrons. The van der Waals surface area contributed by atoms with Crippen molar-refractivity contribution >= 4 is 16.3 Å². The van der Waals surface area contributed by atoms with Gasteiger partial charge in [0.2, 0.25) is 0 Å². The van der Waals surface area contributed by atoms with E-state index < -0.39 is 0 Å².